The average molecular weight is 225 g/mol. The zero-order valence-corrected chi connectivity index (χ0v) is 10.7. The molecule has 92 valence electrons. The van der Waals surface area contributed by atoms with Crippen LogP contribution in [0.15, 0.2) is 12.2 Å². The van der Waals surface area contributed by atoms with Crippen molar-refractivity contribution in [3.63, 3.8) is 0 Å². The van der Waals surface area contributed by atoms with E-state index in [0.29, 0.717) is 24.6 Å². The van der Waals surface area contributed by atoms with Crippen molar-refractivity contribution < 1.29 is 9.53 Å². The van der Waals surface area contributed by atoms with Gasteiger partial charge in [-0.15, -0.1) is 0 Å². The zero-order valence-electron chi connectivity index (χ0n) is 10.7. The van der Waals surface area contributed by atoms with Crippen molar-refractivity contribution in [1.29, 1.82) is 0 Å². The highest BCUT2D eigenvalue weighted by Gasteiger charge is 2.23. The van der Waals surface area contributed by atoms with E-state index < -0.39 is 0 Å². The summed E-state index contributed by atoms with van der Waals surface area (Å²) < 4.78 is 4.93. The number of esters is 1. The van der Waals surface area contributed by atoms with Crippen LogP contribution in [0.2, 0.25) is 0 Å². The normalized spacial score (nSPS) is 26.4. The molecule has 0 bridgehead atoms. The van der Waals surface area contributed by atoms with Crippen molar-refractivity contribution in [2.75, 3.05) is 26.2 Å². The first-order valence-electron chi connectivity index (χ1n) is 6.11. The maximum absolute atomic E-state index is 11.4. The van der Waals surface area contributed by atoms with Crippen LogP contribution in [0.4, 0.5) is 0 Å². The van der Waals surface area contributed by atoms with E-state index in [1.54, 1.807) is 0 Å². The lowest BCUT2D eigenvalue weighted by molar-refractivity contribution is -0.138. The van der Waals surface area contributed by atoms with Crippen LogP contribution in [0.1, 0.15) is 27.2 Å². The average Bonchev–Trinajstić information content (AvgIpc) is 2.24. The van der Waals surface area contributed by atoms with E-state index >= 15 is 0 Å². The molecule has 0 amide bonds. The van der Waals surface area contributed by atoms with Crippen LogP contribution in [-0.4, -0.2) is 37.1 Å². The van der Waals surface area contributed by atoms with Gasteiger partial charge in [0.1, 0.15) is 0 Å². The summed E-state index contributed by atoms with van der Waals surface area (Å²) in [7, 11) is 0. The third-order valence-corrected chi connectivity index (χ3v) is 3.40. The number of rotatable bonds is 4. The topological polar surface area (TPSA) is 29.5 Å². The minimum absolute atomic E-state index is 0.256. The largest absolute Gasteiger partial charge is 0.463 e. The Hall–Kier alpha value is -0.830. The second kappa shape index (κ2) is 6.04. The Morgan fingerprint density at radius 1 is 1.44 bits per heavy atom. The highest BCUT2D eigenvalue weighted by molar-refractivity contribution is 5.88. The minimum Gasteiger partial charge on any atom is -0.463 e. The molecule has 0 aromatic heterocycles. The lowest BCUT2D eigenvalue weighted by Crippen LogP contribution is -2.40. The molecule has 1 aliphatic rings. The molecule has 0 radical (unpaired) electrons. The molecule has 0 N–H and O–H groups in total. The molecule has 1 rings (SSSR count). The second-order valence-electron chi connectivity index (χ2n) is 4.80. The quantitative estimate of drug-likeness (QED) is 0.542. The molecule has 0 spiro atoms. The molecule has 16 heavy (non-hydrogen) atoms. The number of hydrogen-bond donors (Lipinski definition) is 0. The van der Waals surface area contributed by atoms with Gasteiger partial charge in [0, 0.05) is 18.7 Å². The minimum atomic E-state index is -0.256. The molecule has 0 aromatic rings. The molecule has 1 saturated heterocycles. The molecule has 2 atom stereocenters. The van der Waals surface area contributed by atoms with E-state index in [4.69, 9.17) is 4.74 Å². The molecule has 0 saturated carbocycles. The van der Waals surface area contributed by atoms with Gasteiger partial charge in [0.2, 0.25) is 0 Å². The molecular formula is C13H23NO2. The monoisotopic (exact) mass is 225 g/mol. The molecule has 1 heterocycles. The molecule has 3 nitrogen and oxygen atoms in total. The SMILES string of the molecule is C=C(CN1CCC(C)C(C)C1)C(=O)OCC. The van der Waals surface area contributed by atoms with E-state index in [9.17, 15) is 4.79 Å². The highest BCUT2D eigenvalue weighted by Crippen LogP contribution is 2.22. The first-order valence-corrected chi connectivity index (χ1v) is 6.11. The summed E-state index contributed by atoms with van der Waals surface area (Å²) in [5.41, 5.74) is 0.573. The molecular weight excluding hydrogens is 202 g/mol. The molecule has 2 unspecified atom stereocenters. The van der Waals surface area contributed by atoms with Gasteiger partial charge < -0.3 is 4.74 Å². The summed E-state index contributed by atoms with van der Waals surface area (Å²) in [6.07, 6.45) is 1.21. The molecule has 1 fully saturated rings. The number of carbonyl (C=O) groups is 1. The smallest absolute Gasteiger partial charge is 0.334 e. The van der Waals surface area contributed by atoms with Crippen LogP contribution >= 0.6 is 0 Å². The first kappa shape index (κ1) is 13.2. The summed E-state index contributed by atoms with van der Waals surface area (Å²) in [5.74, 6) is 1.23. The molecule has 1 aliphatic heterocycles. The maximum atomic E-state index is 11.4. The molecule has 0 aliphatic carbocycles. The second-order valence-corrected chi connectivity index (χ2v) is 4.80. The van der Waals surface area contributed by atoms with E-state index in [2.05, 4.69) is 25.3 Å². The highest BCUT2D eigenvalue weighted by atomic mass is 16.5. The Balaban J connectivity index is 2.37. The van der Waals surface area contributed by atoms with Crippen molar-refractivity contribution in [2.45, 2.75) is 27.2 Å². The predicted molar refractivity (Wildman–Crippen MR) is 65.2 cm³/mol. The van der Waals surface area contributed by atoms with Crippen LogP contribution in [0.5, 0.6) is 0 Å². The predicted octanol–water partition coefficient (Wildman–Crippen LogP) is 2.08. The van der Waals surface area contributed by atoms with Gasteiger partial charge in [-0.25, -0.2) is 4.79 Å². The lowest BCUT2D eigenvalue weighted by atomic mass is 9.88. The van der Waals surface area contributed by atoms with E-state index in [1.807, 2.05) is 6.92 Å². The van der Waals surface area contributed by atoms with Crippen molar-refractivity contribution in [3.05, 3.63) is 12.2 Å². The third-order valence-electron chi connectivity index (χ3n) is 3.40. The third kappa shape index (κ3) is 3.63. The Labute approximate surface area is 98.5 Å². The van der Waals surface area contributed by atoms with Gasteiger partial charge >= 0.3 is 5.97 Å². The fraction of sp³-hybridized carbons (Fsp3) is 0.769. The Morgan fingerprint density at radius 2 is 2.12 bits per heavy atom. The number of carbonyl (C=O) groups excluding carboxylic acids is 1. The number of hydrogen-bond acceptors (Lipinski definition) is 3. The molecule has 0 aromatic carbocycles. The summed E-state index contributed by atoms with van der Waals surface area (Å²) in [5, 5.41) is 0. The Bertz CT molecular complexity index is 263. The van der Waals surface area contributed by atoms with Gasteiger partial charge in [-0.05, 0) is 31.7 Å². The van der Waals surface area contributed by atoms with Gasteiger partial charge in [-0.3, -0.25) is 4.90 Å². The van der Waals surface area contributed by atoms with Crippen LogP contribution < -0.4 is 0 Å². The summed E-state index contributed by atoms with van der Waals surface area (Å²) >= 11 is 0. The van der Waals surface area contributed by atoms with E-state index in [-0.39, 0.29) is 5.97 Å². The maximum Gasteiger partial charge on any atom is 0.334 e. The van der Waals surface area contributed by atoms with Crippen LogP contribution in [-0.2, 0) is 9.53 Å². The van der Waals surface area contributed by atoms with Gasteiger partial charge in [-0.1, -0.05) is 20.4 Å². The van der Waals surface area contributed by atoms with Gasteiger partial charge in [0.15, 0.2) is 0 Å². The van der Waals surface area contributed by atoms with Gasteiger partial charge in [0.05, 0.1) is 6.61 Å². The van der Waals surface area contributed by atoms with Crippen LogP contribution in [0.25, 0.3) is 0 Å². The van der Waals surface area contributed by atoms with Crippen molar-refractivity contribution in [3.8, 4) is 0 Å². The fourth-order valence-electron chi connectivity index (χ4n) is 2.06. The van der Waals surface area contributed by atoms with Crippen molar-refractivity contribution in [2.24, 2.45) is 11.8 Å². The van der Waals surface area contributed by atoms with Gasteiger partial charge in [-0.2, -0.15) is 0 Å². The standard InChI is InChI=1S/C13H23NO2/c1-5-16-13(15)12(4)9-14-7-6-10(2)11(3)8-14/h10-11H,4-9H2,1-3H3. The zero-order chi connectivity index (χ0) is 12.1. The van der Waals surface area contributed by atoms with Crippen molar-refractivity contribution >= 4 is 5.97 Å². The summed E-state index contributed by atoms with van der Waals surface area (Å²) in [6, 6.07) is 0. The van der Waals surface area contributed by atoms with Gasteiger partial charge in [0.25, 0.3) is 0 Å². The van der Waals surface area contributed by atoms with Crippen LogP contribution in [0.3, 0.4) is 0 Å². The number of likely N-dealkylation sites (tertiary alicyclic amines) is 1. The van der Waals surface area contributed by atoms with E-state index in [0.717, 1.165) is 19.0 Å². The first-order chi connectivity index (χ1) is 7.54. The van der Waals surface area contributed by atoms with Crippen LogP contribution in [0, 0.1) is 11.8 Å². The lowest BCUT2D eigenvalue weighted by Gasteiger charge is -2.35. The summed E-state index contributed by atoms with van der Waals surface area (Å²) in [4.78, 5) is 13.7. The van der Waals surface area contributed by atoms with E-state index in [1.165, 1.54) is 6.42 Å². The Kier molecular flexibility index (Phi) is 5.00. The number of piperidine rings is 1. The van der Waals surface area contributed by atoms with Crippen molar-refractivity contribution in [1.82, 2.24) is 4.90 Å². The molecule has 3 heteroatoms. The number of nitrogens with zero attached hydrogens (tertiary/aromatic N) is 1. The number of ether oxygens (including phenoxy) is 1. The summed E-state index contributed by atoms with van der Waals surface area (Å²) in [6.45, 7) is 13.4. The Morgan fingerprint density at radius 3 is 2.69 bits per heavy atom. The fourth-order valence-corrected chi connectivity index (χ4v) is 2.06.